The second-order valence-electron chi connectivity index (χ2n) is 24.8. The van der Waals surface area contributed by atoms with Gasteiger partial charge in [0.25, 0.3) is 0 Å². The molecule has 0 bridgehead atoms. The SMILES string of the molecule is Cc1cc2nc(-c3cccc(-c4ccc(F)cc4)c3)cn2c(-c2ccc3c4c(ccnc24)CCO3)c1[C@H](OC(C)(C)C)C(=O)O.Cc1cc2nc(-c3cccc(-c4ccc(F)cc4)c3)cn2c(-c2ccc3c4c(ccnc24)CCO3)c1[C@H](OC(C)(C)C)C(=O)O. The summed E-state index contributed by atoms with van der Waals surface area (Å²) in [6.45, 7) is 16.1. The quantitative estimate of drug-likeness (QED) is 0.119. The number of fused-ring (bicyclic) bond motifs is 2. The summed E-state index contributed by atoms with van der Waals surface area (Å²) in [5.74, 6) is -1.22. The lowest BCUT2D eigenvalue weighted by molar-refractivity contribution is -0.161. The molecular formula is C74H64F2N6O8. The molecule has 2 aliphatic heterocycles. The number of aryl methyl sites for hydroxylation is 2. The fourth-order valence-electron chi connectivity index (χ4n) is 12.4. The van der Waals surface area contributed by atoms with E-state index in [2.05, 4.69) is 0 Å². The topological polar surface area (TPSA) is 172 Å². The average molecular weight is 1200 g/mol. The van der Waals surface area contributed by atoms with Crippen molar-refractivity contribution in [1.29, 1.82) is 0 Å². The van der Waals surface area contributed by atoms with E-state index in [-0.39, 0.29) is 11.6 Å². The molecule has 0 amide bonds. The summed E-state index contributed by atoms with van der Waals surface area (Å²) >= 11 is 0. The van der Waals surface area contributed by atoms with Crippen LogP contribution in [0.2, 0.25) is 0 Å². The molecular weight excluding hydrogens is 1140 g/mol. The van der Waals surface area contributed by atoms with Gasteiger partial charge in [-0.05, 0) is 185 Å². The van der Waals surface area contributed by atoms with E-state index in [1.807, 2.05) is 174 Å². The Morgan fingerprint density at radius 1 is 0.511 bits per heavy atom. The molecule has 2 atom stereocenters. The molecule has 0 aliphatic carbocycles. The fourth-order valence-corrected chi connectivity index (χ4v) is 12.4. The van der Waals surface area contributed by atoms with Gasteiger partial charge in [-0.1, -0.05) is 60.7 Å². The molecule has 6 aromatic carbocycles. The van der Waals surface area contributed by atoms with E-state index in [4.69, 9.17) is 38.9 Å². The first-order valence-corrected chi connectivity index (χ1v) is 29.8. The lowest BCUT2D eigenvalue weighted by Crippen LogP contribution is -2.28. The molecule has 0 spiro atoms. The van der Waals surface area contributed by atoms with Crippen molar-refractivity contribution < 1.29 is 47.5 Å². The highest BCUT2D eigenvalue weighted by Crippen LogP contribution is 2.46. The van der Waals surface area contributed by atoms with Crippen molar-refractivity contribution in [3.05, 3.63) is 215 Å². The third kappa shape index (κ3) is 11.3. The zero-order chi connectivity index (χ0) is 62.9. The van der Waals surface area contributed by atoms with Gasteiger partial charge in [0.05, 0.1) is 58.2 Å². The minimum absolute atomic E-state index is 0.288. The fraction of sp³-hybridized carbons (Fsp3) is 0.216. The van der Waals surface area contributed by atoms with Crippen LogP contribution in [-0.4, -0.2) is 75.3 Å². The van der Waals surface area contributed by atoms with E-state index >= 15 is 0 Å². The maximum Gasteiger partial charge on any atom is 0.337 e. The Morgan fingerprint density at radius 3 is 1.28 bits per heavy atom. The van der Waals surface area contributed by atoms with Gasteiger partial charge in [-0.25, -0.2) is 28.3 Å². The number of aromatic nitrogens is 6. The van der Waals surface area contributed by atoms with Crippen molar-refractivity contribution >= 4 is 45.0 Å². The maximum absolute atomic E-state index is 13.6. The van der Waals surface area contributed by atoms with Gasteiger partial charge < -0.3 is 29.2 Å². The van der Waals surface area contributed by atoms with Crippen LogP contribution >= 0.6 is 0 Å². The van der Waals surface area contributed by atoms with Crippen molar-refractivity contribution in [2.75, 3.05) is 13.2 Å². The van der Waals surface area contributed by atoms with Gasteiger partial charge in [0, 0.05) is 81.8 Å². The first-order valence-electron chi connectivity index (χ1n) is 29.8. The summed E-state index contributed by atoms with van der Waals surface area (Å²) in [6, 6.07) is 44.2. The highest BCUT2D eigenvalue weighted by molar-refractivity contribution is 6.02. The second kappa shape index (κ2) is 23.1. The molecule has 2 aliphatic rings. The van der Waals surface area contributed by atoms with Gasteiger partial charge in [-0.15, -0.1) is 0 Å². The van der Waals surface area contributed by atoms with E-state index in [1.165, 1.54) is 24.3 Å². The Kier molecular flexibility index (Phi) is 15.1. The van der Waals surface area contributed by atoms with Crippen LogP contribution in [0.25, 0.3) is 100 Å². The van der Waals surface area contributed by atoms with Gasteiger partial charge in [0.2, 0.25) is 0 Å². The van der Waals surface area contributed by atoms with Crippen molar-refractivity contribution in [1.82, 2.24) is 28.7 Å². The summed E-state index contributed by atoms with van der Waals surface area (Å²) in [7, 11) is 0. The number of halogens is 2. The molecule has 452 valence electrons. The van der Waals surface area contributed by atoms with Crippen molar-refractivity contribution in [3.8, 4) is 78.8 Å². The van der Waals surface area contributed by atoms with Gasteiger partial charge in [-0.2, -0.15) is 0 Å². The number of carbonyl (C=O) groups is 2. The number of hydrogen-bond donors (Lipinski definition) is 2. The molecule has 8 heterocycles. The lowest BCUT2D eigenvalue weighted by Gasteiger charge is -2.28. The summed E-state index contributed by atoms with van der Waals surface area (Å²) in [5.41, 5.74) is 15.8. The number of aliphatic carboxylic acids is 2. The largest absolute Gasteiger partial charge is 0.493 e. The van der Waals surface area contributed by atoms with E-state index in [1.54, 1.807) is 36.7 Å². The Hall–Kier alpha value is -10.2. The average Bonchev–Trinajstić information content (AvgIpc) is 1.33. The molecule has 2 N–H and O–H groups in total. The third-order valence-electron chi connectivity index (χ3n) is 16.2. The van der Waals surface area contributed by atoms with Gasteiger partial charge in [0.1, 0.15) is 34.4 Å². The van der Waals surface area contributed by atoms with Crippen LogP contribution in [0.1, 0.15) is 87.1 Å². The summed E-state index contributed by atoms with van der Waals surface area (Å²) in [4.78, 5) is 45.4. The molecule has 0 unspecified atom stereocenters. The summed E-state index contributed by atoms with van der Waals surface area (Å²) in [6.07, 6.45) is 6.47. The molecule has 0 saturated carbocycles. The highest BCUT2D eigenvalue weighted by Gasteiger charge is 2.36. The minimum atomic E-state index is -1.25. The van der Waals surface area contributed by atoms with Crippen LogP contribution in [0.5, 0.6) is 11.5 Å². The molecule has 0 saturated heterocycles. The Balaban J connectivity index is 0.000000165. The number of nitrogens with zero attached hydrogens (tertiary/aromatic N) is 6. The Morgan fingerprint density at radius 2 is 0.900 bits per heavy atom. The number of rotatable bonds is 12. The normalized spacial score (nSPS) is 13.6. The maximum atomic E-state index is 13.6. The predicted octanol–water partition coefficient (Wildman–Crippen LogP) is 16.4. The van der Waals surface area contributed by atoms with Gasteiger partial charge in [0.15, 0.2) is 12.2 Å². The number of carboxylic acid groups (broad SMARTS) is 2. The second-order valence-corrected chi connectivity index (χ2v) is 24.8. The summed E-state index contributed by atoms with van der Waals surface area (Å²) < 4.78 is 55.5. The van der Waals surface area contributed by atoms with Crippen molar-refractivity contribution in [2.45, 2.75) is 91.6 Å². The molecule has 16 heteroatoms. The number of ether oxygens (including phenoxy) is 4. The van der Waals surface area contributed by atoms with Crippen LogP contribution in [-0.2, 0) is 31.9 Å². The number of pyridine rings is 4. The van der Waals surface area contributed by atoms with E-state index in [0.717, 1.165) is 113 Å². The van der Waals surface area contributed by atoms with Crippen LogP contribution in [0.4, 0.5) is 8.78 Å². The highest BCUT2D eigenvalue weighted by atomic mass is 19.1. The molecule has 0 radical (unpaired) electrons. The monoisotopic (exact) mass is 1200 g/mol. The van der Waals surface area contributed by atoms with Crippen LogP contribution < -0.4 is 9.47 Å². The lowest BCUT2D eigenvalue weighted by atomic mass is 9.92. The van der Waals surface area contributed by atoms with Crippen LogP contribution in [0.3, 0.4) is 0 Å². The minimum Gasteiger partial charge on any atom is -0.493 e. The number of imidazole rings is 2. The Bertz CT molecular complexity index is 4510. The number of hydrogen-bond acceptors (Lipinski definition) is 10. The number of carboxylic acids is 2. The zero-order valence-corrected chi connectivity index (χ0v) is 50.9. The molecule has 90 heavy (non-hydrogen) atoms. The first kappa shape index (κ1) is 58.8. The molecule has 12 aromatic rings. The van der Waals surface area contributed by atoms with Gasteiger partial charge in [-0.3, -0.25) is 18.8 Å². The van der Waals surface area contributed by atoms with E-state index in [9.17, 15) is 28.6 Å². The van der Waals surface area contributed by atoms with Gasteiger partial charge >= 0.3 is 11.9 Å². The van der Waals surface area contributed by atoms with E-state index in [0.29, 0.717) is 58.4 Å². The first-order chi connectivity index (χ1) is 43.1. The van der Waals surface area contributed by atoms with Crippen LogP contribution in [0, 0.1) is 25.5 Å². The Labute approximate surface area is 518 Å². The van der Waals surface area contributed by atoms with E-state index < -0.39 is 35.3 Å². The molecule has 14 rings (SSSR count). The van der Waals surface area contributed by atoms with Crippen molar-refractivity contribution in [3.63, 3.8) is 0 Å². The summed E-state index contributed by atoms with van der Waals surface area (Å²) in [5, 5.41) is 22.9. The smallest absolute Gasteiger partial charge is 0.337 e. The zero-order valence-electron chi connectivity index (χ0n) is 50.9. The van der Waals surface area contributed by atoms with Crippen LogP contribution in [0.15, 0.2) is 170 Å². The molecule has 0 fully saturated rings. The molecule has 14 nitrogen and oxygen atoms in total. The predicted molar refractivity (Wildman–Crippen MR) is 344 cm³/mol. The van der Waals surface area contributed by atoms with Crippen molar-refractivity contribution in [2.24, 2.45) is 0 Å². The third-order valence-corrected chi connectivity index (χ3v) is 16.2. The number of benzene rings is 6. The molecule has 6 aromatic heterocycles. The standard InChI is InChI=1S/2C37H32FN3O4/c2*1-21-18-30-40-28(25-7-5-6-24(19-25)22-8-10-26(38)11-9-22)20-41(30)34(31(21)35(36(42)43)45-37(2,3)4)27-12-13-29-32-23(15-17-44-29)14-16-39-33(27)32/h2*5-14,16,18-20,35H,15,17H2,1-4H3,(H,42,43)/t2*35-/m00/s1.